The quantitative estimate of drug-likeness (QED) is 0.144. The normalized spacial score (nSPS) is 15.3. The second-order valence-electron chi connectivity index (χ2n) is 13.4. The highest BCUT2D eigenvalue weighted by atomic mass is 15.0. The number of amidine groups is 1. The lowest BCUT2D eigenvalue weighted by Gasteiger charge is -2.22. The smallest absolute Gasteiger partial charge is 0.154 e. The van der Waals surface area contributed by atoms with E-state index < -0.39 is 0 Å². The molecule has 0 atom stereocenters. The van der Waals surface area contributed by atoms with Gasteiger partial charge in [0.25, 0.3) is 0 Å². The van der Waals surface area contributed by atoms with Crippen LogP contribution in [0.4, 0.5) is 0 Å². The first-order chi connectivity index (χ1) is 22.5. The van der Waals surface area contributed by atoms with Crippen molar-refractivity contribution < 1.29 is 0 Å². The Balaban J connectivity index is 1.10. The third-order valence-electron chi connectivity index (χ3n) is 10.4. The largest absolute Gasteiger partial charge is 0.313 e. The van der Waals surface area contributed by atoms with E-state index in [0.717, 1.165) is 24.8 Å². The number of allylic oxidation sites excluding steroid dienone is 1. The molecular weight excluding hydrogens is 558 g/mol. The fourth-order valence-electron chi connectivity index (χ4n) is 8.18. The monoisotopic (exact) mass is 593 g/mol. The van der Waals surface area contributed by atoms with Gasteiger partial charge in [-0.05, 0) is 100 Å². The number of aromatic nitrogens is 1. The van der Waals surface area contributed by atoms with Crippen molar-refractivity contribution in [1.82, 2.24) is 4.57 Å². The standard InChI is InChI=1S/C43H35N3/c1-43(2)38-15-9-7-13-34(38)36-24-37-35-14-8-10-16-40(35)46(41(37)25-39(36)43)31-18-20-33-30(23-31)22-29-21-27(17-19-32(29)33)26-45-42(44-3)28-11-5-4-6-12-28/h4-9,11-15,17-21,23-25H,3,10,16,22,26H2,1-2H3/b45-42-. The molecule has 1 aromatic heterocycles. The van der Waals surface area contributed by atoms with Crippen LogP contribution in [0.25, 0.3) is 44.9 Å². The zero-order valence-electron chi connectivity index (χ0n) is 26.3. The molecule has 222 valence electrons. The molecule has 3 aliphatic carbocycles. The zero-order chi connectivity index (χ0) is 31.0. The van der Waals surface area contributed by atoms with Gasteiger partial charge in [-0.25, -0.2) is 4.99 Å². The number of benzene rings is 5. The molecule has 5 aromatic carbocycles. The fourth-order valence-corrected chi connectivity index (χ4v) is 8.18. The van der Waals surface area contributed by atoms with Crippen molar-refractivity contribution in [2.45, 2.75) is 45.1 Å². The van der Waals surface area contributed by atoms with E-state index in [1.54, 1.807) is 0 Å². The zero-order valence-corrected chi connectivity index (χ0v) is 26.3. The van der Waals surface area contributed by atoms with Crippen LogP contribution in [-0.4, -0.2) is 17.1 Å². The Kier molecular flexibility index (Phi) is 5.95. The molecule has 0 saturated heterocycles. The maximum atomic E-state index is 4.80. The van der Waals surface area contributed by atoms with Gasteiger partial charge in [0.2, 0.25) is 0 Å². The molecule has 3 nitrogen and oxygen atoms in total. The first-order valence-electron chi connectivity index (χ1n) is 16.3. The molecule has 3 heteroatoms. The van der Waals surface area contributed by atoms with E-state index in [2.05, 4.69) is 115 Å². The second kappa shape index (κ2) is 10.1. The van der Waals surface area contributed by atoms with Crippen molar-refractivity contribution in [3.05, 3.63) is 154 Å². The molecule has 3 aliphatic rings. The van der Waals surface area contributed by atoms with E-state index in [9.17, 15) is 0 Å². The van der Waals surface area contributed by atoms with Crippen LogP contribution >= 0.6 is 0 Å². The molecule has 0 saturated carbocycles. The van der Waals surface area contributed by atoms with Crippen LogP contribution in [0.5, 0.6) is 0 Å². The molecule has 9 rings (SSSR count). The second-order valence-corrected chi connectivity index (χ2v) is 13.4. The van der Waals surface area contributed by atoms with Crippen LogP contribution < -0.4 is 0 Å². The lowest BCUT2D eigenvalue weighted by atomic mass is 9.82. The Morgan fingerprint density at radius 2 is 1.57 bits per heavy atom. The molecule has 0 bridgehead atoms. The number of hydrogen-bond acceptors (Lipinski definition) is 1. The molecule has 0 radical (unpaired) electrons. The molecule has 1 heterocycles. The summed E-state index contributed by atoms with van der Waals surface area (Å²) in [6, 6.07) is 37.9. The van der Waals surface area contributed by atoms with Crippen LogP contribution in [0.3, 0.4) is 0 Å². The predicted molar refractivity (Wildman–Crippen MR) is 193 cm³/mol. The van der Waals surface area contributed by atoms with E-state index >= 15 is 0 Å². The Morgan fingerprint density at radius 1 is 0.783 bits per heavy atom. The summed E-state index contributed by atoms with van der Waals surface area (Å²) in [7, 11) is 0. The summed E-state index contributed by atoms with van der Waals surface area (Å²) in [5, 5.41) is 1.36. The Bertz CT molecular complexity index is 2300. The van der Waals surface area contributed by atoms with E-state index in [-0.39, 0.29) is 5.41 Å². The maximum absolute atomic E-state index is 4.80. The molecule has 0 spiro atoms. The first kappa shape index (κ1) is 27.1. The molecule has 0 aliphatic heterocycles. The van der Waals surface area contributed by atoms with Crippen molar-refractivity contribution in [1.29, 1.82) is 0 Å². The van der Waals surface area contributed by atoms with Gasteiger partial charge in [-0.2, -0.15) is 0 Å². The van der Waals surface area contributed by atoms with Crippen LogP contribution in [0.15, 0.2) is 119 Å². The third kappa shape index (κ3) is 3.98. The van der Waals surface area contributed by atoms with Crippen LogP contribution in [0, 0.1) is 0 Å². The highest BCUT2D eigenvalue weighted by Crippen LogP contribution is 2.51. The third-order valence-corrected chi connectivity index (χ3v) is 10.4. The highest BCUT2D eigenvalue weighted by molar-refractivity contribution is 6.01. The summed E-state index contributed by atoms with van der Waals surface area (Å²) in [4.78, 5) is 9.00. The van der Waals surface area contributed by atoms with Crippen LogP contribution in [-0.2, 0) is 24.8 Å². The van der Waals surface area contributed by atoms with Gasteiger partial charge in [0.15, 0.2) is 5.84 Å². The predicted octanol–water partition coefficient (Wildman–Crippen LogP) is 10.1. The minimum atomic E-state index is -0.0313. The molecule has 6 aromatic rings. The lowest BCUT2D eigenvalue weighted by molar-refractivity contribution is 0.661. The lowest BCUT2D eigenvalue weighted by Crippen LogP contribution is -2.15. The van der Waals surface area contributed by atoms with Gasteiger partial charge < -0.3 is 4.57 Å². The van der Waals surface area contributed by atoms with Gasteiger partial charge in [-0.3, -0.25) is 4.99 Å². The molecule has 0 fully saturated rings. The van der Waals surface area contributed by atoms with Gasteiger partial charge in [-0.15, -0.1) is 0 Å². The summed E-state index contributed by atoms with van der Waals surface area (Å²) < 4.78 is 2.56. The Morgan fingerprint density at radius 3 is 2.41 bits per heavy atom. The minimum absolute atomic E-state index is 0.0313. The van der Waals surface area contributed by atoms with Crippen molar-refractivity contribution >= 4 is 29.5 Å². The number of fused-ring (bicyclic) bond motifs is 9. The minimum Gasteiger partial charge on any atom is -0.313 e. The van der Waals surface area contributed by atoms with Crippen molar-refractivity contribution in [3.8, 4) is 27.9 Å². The molecular formula is C43H35N3. The fraction of sp³-hybridized carbons (Fsp3) is 0.163. The summed E-state index contributed by atoms with van der Waals surface area (Å²) in [5.41, 5.74) is 18.6. The van der Waals surface area contributed by atoms with E-state index in [0.29, 0.717) is 12.4 Å². The van der Waals surface area contributed by atoms with Gasteiger partial charge in [0, 0.05) is 33.3 Å². The Labute approximate surface area is 270 Å². The summed E-state index contributed by atoms with van der Waals surface area (Å²) in [6.45, 7) is 9.09. The molecule has 0 unspecified atom stereocenters. The average Bonchev–Trinajstić information content (AvgIpc) is 3.69. The number of rotatable bonds is 4. The van der Waals surface area contributed by atoms with Gasteiger partial charge >= 0.3 is 0 Å². The van der Waals surface area contributed by atoms with Crippen molar-refractivity contribution in [2.24, 2.45) is 9.98 Å². The van der Waals surface area contributed by atoms with Crippen molar-refractivity contribution in [3.63, 3.8) is 0 Å². The topological polar surface area (TPSA) is 29.6 Å². The SMILES string of the molecule is C=N/C(=N\Cc1ccc2c(c1)Cc1cc(-n3c4c(c5cc6c(cc53)C(C)(C)c3ccccc3-6)C=CCC4)ccc1-2)c1ccccc1. The molecule has 0 amide bonds. The van der Waals surface area contributed by atoms with Gasteiger partial charge in [-0.1, -0.05) is 105 Å². The number of hydrogen-bond donors (Lipinski definition) is 0. The van der Waals surface area contributed by atoms with Crippen LogP contribution in [0.1, 0.15) is 64.9 Å². The van der Waals surface area contributed by atoms with Gasteiger partial charge in [0.05, 0.1) is 12.1 Å². The van der Waals surface area contributed by atoms with Crippen molar-refractivity contribution in [2.75, 3.05) is 0 Å². The molecule has 0 N–H and O–H groups in total. The highest BCUT2D eigenvalue weighted by Gasteiger charge is 2.36. The van der Waals surface area contributed by atoms with Gasteiger partial charge in [0.1, 0.15) is 0 Å². The van der Waals surface area contributed by atoms with Crippen LogP contribution in [0.2, 0.25) is 0 Å². The van der Waals surface area contributed by atoms with E-state index in [1.165, 1.54) is 77.9 Å². The average molecular weight is 594 g/mol. The number of nitrogens with zero attached hydrogens (tertiary/aromatic N) is 3. The summed E-state index contributed by atoms with van der Waals surface area (Å²) in [5.74, 6) is 0.684. The first-order valence-corrected chi connectivity index (χ1v) is 16.3. The summed E-state index contributed by atoms with van der Waals surface area (Å²) >= 11 is 0. The molecule has 46 heavy (non-hydrogen) atoms. The maximum Gasteiger partial charge on any atom is 0.154 e. The summed E-state index contributed by atoms with van der Waals surface area (Å²) in [6.07, 6.45) is 7.75. The number of aliphatic imine (C=N–C) groups is 2. The Hall–Kier alpha value is -5.28. The van der Waals surface area contributed by atoms with E-state index in [1.807, 2.05) is 30.3 Å². The van der Waals surface area contributed by atoms with E-state index in [4.69, 9.17) is 4.99 Å².